The van der Waals surface area contributed by atoms with Crippen LogP contribution in [0.2, 0.25) is 0 Å². The van der Waals surface area contributed by atoms with Gasteiger partial charge in [-0.15, -0.1) is 0 Å². The molecule has 0 heterocycles. The average Bonchev–Trinajstić information content (AvgIpc) is 2.51. The van der Waals surface area contributed by atoms with Gasteiger partial charge in [-0.25, -0.2) is 4.79 Å². The first kappa shape index (κ1) is 26.4. The van der Waals surface area contributed by atoms with Crippen molar-refractivity contribution >= 4 is 17.8 Å². The Labute approximate surface area is 170 Å². The second-order valence-corrected chi connectivity index (χ2v) is 9.09. The van der Waals surface area contributed by atoms with Crippen molar-refractivity contribution in [3.05, 3.63) is 0 Å². The third kappa shape index (κ3) is 15.4. The van der Waals surface area contributed by atoms with Crippen molar-refractivity contribution in [2.45, 2.75) is 110 Å². The van der Waals surface area contributed by atoms with E-state index in [2.05, 4.69) is 5.32 Å². The van der Waals surface area contributed by atoms with Crippen LogP contribution in [0.25, 0.3) is 0 Å². The topological polar surface area (TPSA) is 108 Å². The van der Waals surface area contributed by atoms with Crippen molar-refractivity contribution in [3.63, 3.8) is 0 Å². The summed E-state index contributed by atoms with van der Waals surface area (Å²) in [7, 11) is 0. The second-order valence-electron chi connectivity index (χ2n) is 9.09. The minimum Gasteiger partial charge on any atom is -0.460 e. The fourth-order valence-electron chi connectivity index (χ4n) is 2.50. The second kappa shape index (κ2) is 12.8. The maximum absolute atomic E-state index is 12.4. The van der Waals surface area contributed by atoms with Gasteiger partial charge in [0.25, 0.3) is 0 Å². The number of ether oxygens (including phenoxy) is 2. The lowest BCUT2D eigenvalue weighted by molar-refractivity contribution is -0.160. The van der Waals surface area contributed by atoms with Crippen molar-refractivity contribution < 1.29 is 23.9 Å². The average molecular weight is 401 g/mol. The number of hydrogen-bond acceptors (Lipinski definition) is 6. The van der Waals surface area contributed by atoms with Gasteiger partial charge in [0.05, 0.1) is 0 Å². The molecule has 0 saturated heterocycles. The Balaban J connectivity index is 4.61. The van der Waals surface area contributed by atoms with Gasteiger partial charge in [-0.2, -0.15) is 0 Å². The monoisotopic (exact) mass is 400 g/mol. The summed E-state index contributed by atoms with van der Waals surface area (Å²) < 4.78 is 10.7. The Kier molecular flexibility index (Phi) is 12.0. The minimum absolute atomic E-state index is 0.0283. The first-order chi connectivity index (χ1) is 12.8. The fraction of sp³-hybridized carbons (Fsp3) is 0.857. The van der Waals surface area contributed by atoms with Crippen LogP contribution in [0, 0.1) is 0 Å². The molecule has 0 aromatic heterocycles. The molecule has 164 valence electrons. The van der Waals surface area contributed by atoms with Gasteiger partial charge >= 0.3 is 11.9 Å². The molecule has 0 saturated carbocycles. The molecule has 0 rings (SSSR count). The van der Waals surface area contributed by atoms with Crippen LogP contribution in [-0.4, -0.2) is 41.6 Å². The number of amides is 1. The molecule has 1 atom stereocenters. The molecule has 0 aromatic carbocycles. The maximum atomic E-state index is 12.4. The molecule has 0 fully saturated rings. The van der Waals surface area contributed by atoms with Crippen molar-refractivity contribution in [2.24, 2.45) is 5.73 Å². The Hall–Kier alpha value is -1.63. The number of unbranched alkanes of at least 4 members (excludes halogenated alkanes) is 4. The van der Waals surface area contributed by atoms with E-state index in [0.717, 1.165) is 32.1 Å². The molecule has 0 unspecified atom stereocenters. The Morgan fingerprint density at radius 3 is 1.89 bits per heavy atom. The van der Waals surface area contributed by atoms with Gasteiger partial charge in [0.1, 0.15) is 17.2 Å². The Morgan fingerprint density at radius 1 is 0.821 bits per heavy atom. The van der Waals surface area contributed by atoms with Crippen LogP contribution < -0.4 is 11.1 Å². The molecule has 0 bridgehead atoms. The van der Waals surface area contributed by atoms with E-state index >= 15 is 0 Å². The van der Waals surface area contributed by atoms with Crippen LogP contribution in [0.4, 0.5) is 0 Å². The summed E-state index contributed by atoms with van der Waals surface area (Å²) in [6, 6.07) is -0.864. The SMILES string of the molecule is CC(C)(C)OC(=O)CC[C@H](NC(=O)CCCCCCCN)C(=O)OC(C)(C)C. The third-order valence-electron chi connectivity index (χ3n) is 3.69. The van der Waals surface area contributed by atoms with Crippen LogP contribution in [0.1, 0.15) is 92.9 Å². The number of carbonyl (C=O) groups excluding carboxylic acids is 3. The highest BCUT2D eigenvalue weighted by atomic mass is 16.6. The molecular formula is C21H40N2O5. The van der Waals surface area contributed by atoms with E-state index in [-0.39, 0.29) is 18.7 Å². The predicted molar refractivity (Wildman–Crippen MR) is 110 cm³/mol. The molecule has 28 heavy (non-hydrogen) atoms. The van der Waals surface area contributed by atoms with Gasteiger partial charge < -0.3 is 20.5 Å². The molecule has 0 radical (unpaired) electrons. The summed E-state index contributed by atoms with van der Waals surface area (Å²) in [6.07, 6.45) is 5.32. The molecule has 0 spiro atoms. The standard InChI is InChI=1S/C21H40N2O5/c1-20(2,3)27-18(25)14-13-16(19(26)28-21(4,5)6)23-17(24)12-10-8-7-9-11-15-22/h16H,7-15,22H2,1-6H3,(H,23,24)/t16-/m0/s1. The smallest absolute Gasteiger partial charge is 0.329 e. The maximum Gasteiger partial charge on any atom is 0.329 e. The zero-order valence-electron chi connectivity index (χ0n) is 18.6. The van der Waals surface area contributed by atoms with Crippen molar-refractivity contribution in [1.82, 2.24) is 5.32 Å². The normalized spacial score (nSPS) is 13.0. The van der Waals surface area contributed by atoms with Gasteiger partial charge in [0.15, 0.2) is 0 Å². The molecule has 1 amide bonds. The molecule has 7 nitrogen and oxygen atoms in total. The first-order valence-corrected chi connectivity index (χ1v) is 10.3. The summed E-state index contributed by atoms with van der Waals surface area (Å²) in [5.74, 6) is -1.15. The minimum atomic E-state index is -0.864. The van der Waals surface area contributed by atoms with Gasteiger partial charge in [-0.1, -0.05) is 19.3 Å². The molecule has 0 aliphatic rings. The molecule has 0 aliphatic carbocycles. The molecule has 0 aromatic rings. The zero-order chi connectivity index (χ0) is 21.8. The Bertz CT molecular complexity index is 492. The van der Waals surface area contributed by atoms with Gasteiger partial charge in [-0.05, 0) is 67.3 Å². The molecule has 7 heteroatoms. The highest BCUT2D eigenvalue weighted by Crippen LogP contribution is 2.14. The van der Waals surface area contributed by atoms with Crippen molar-refractivity contribution in [2.75, 3.05) is 6.54 Å². The van der Waals surface area contributed by atoms with E-state index in [0.29, 0.717) is 13.0 Å². The lowest BCUT2D eigenvalue weighted by atomic mass is 10.1. The lowest BCUT2D eigenvalue weighted by Crippen LogP contribution is -2.44. The van der Waals surface area contributed by atoms with E-state index in [1.165, 1.54) is 0 Å². The fourth-order valence-corrected chi connectivity index (χ4v) is 2.50. The zero-order valence-corrected chi connectivity index (χ0v) is 18.6. The third-order valence-corrected chi connectivity index (χ3v) is 3.69. The highest BCUT2D eigenvalue weighted by molar-refractivity contribution is 5.85. The summed E-state index contributed by atoms with van der Waals surface area (Å²) in [4.78, 5) is 36.6. The van der Waals surface area contributed by atoms with E-state index in [1.807, 2.05) is 0 Å². The van der Waals surface area contributed by atoms with E-state index in [9.17, 15) is 14.4 Å². The van der Waals surface area contributed by atoms with Crippen LogP contribution in [-0.2, 0) is 23.9 Å². The van der Waals surface area contributed by atoms with Crippen LogP contribution in [0.3, 0.4) is 0 Å². The van der Waals surface area contributed by atoms with Gasteiger partial charge in [0.2, 0.25) is 5.91 Å². The van der Waals surface area contributed by atoms with Crippen LogP contribution in [0.15, 0.2) is 0 Å². The van der Waals surface area contributed by atoms with Gasteiger partial charge in [0, 0.05) is 12.8 Å². The number of hydrogen-bond donors (Lipinski definition) is 2. The van der Waals surface area contributed by atoms with E-state index in [4.69, 9.17) is 15.2 Å². The van der Waals surface area contributed by atoms with Crippen molar-refractivity contribution in [1.29, 1.82) is 0 Å². The largest absolute Gasteiger partial charge is 0.460 e. The number of esters is 2. The number of rotatable bonds is 12. The quantitative estimate of drug-likeness (QED) is 0.385. The van der Waals surface area contributed by atoms with Crippen LogP contribution >= 0.6 is 0 Å². The summed E-state index contributed by atoms with van der Waals surface area (Å²) in [5, 5.41) is 2.72. The van der Waals surface area contributed by atoms with Gasteiger partial charge in [-0.3, -0.25) is 9.59 Å². The predicted octanol–water partition coefficient (Wildman–Crippen LogP) is 3.23. The highest BCUT2D eigenvalue weighted by Gasteiger charge is 2.28. The summed E-state index contributed by atoms with van der Waals surface area (Å²) in [5.41, 5.74) is 4.20. The molecule has 0 aliphatic heterocycles. The molecule has 3 N–H and O–H groups in total. The van der Waals surface area contributed by atoms with E-state index in [1.54, 1.807) is 41.5 Å². The summed E-state index contributed by atoms with van der Waals surface area (Å²) in [6.45, 7) is 11.3. The number of nitrogens with one attached hydrogen (secondary N) is 1. The number of carbonyl (C=O) groups is 3. The lowest BCUT2D eigenvalue weighted by Gasteiger charge is -2.25. The number of nitrogens with two attached hydrogens (primary N) is 1. The Morgan fingerprint density at radius 2 is 1.36 bits per heavy atom. The van der Waals surface area contributed by atoms with Crippen LogP contribution in [0.5, 0.6) is 0 Å². The first-order valence-electron chi connectivity index (χ1n) is 10.3. The summed E-state index contributed by atoms with van der Waals surface area (Å²) >= 11 is 0. The molecular weight excluding hydrogens is 360 g/mol. The van der Waals surface area contributed by atoms with E-state index < -0.39 is 29.2 Å². The van der Waals surface area contributed by atoms with Crippen molar-refractivity contribution in [3.8, 4) is 0 Å².